The quantitative estimate of drug-likeness (QED) is 0.808. The van der Waals surface area contributed by atoms with Crippen LogP contribution >= 0.6 is 0 Å². The SMILES string of the molecule is O=C(N[C@@H]1CC[C@H](C(=O)O)C1)c1ccccc1C(=O)c1ccc(F)cc1. The summed E-state index contributed by atoms with van der Waals surface area (Å²) in [5.41, 5.74) is 0.739. The fourth-order valence-corrected chi connectivity index (χ4v) is 3.24. The van der Waals surface area contributed by atoms with Gasteiger partial charge in [0.1, 0.15) is 5.82 Å². The van der Waals surface area contributed by atoms with Crippen molar-refractivity contribution >= 4 is 17.7 Å². The van der Waals surface area contributed by atoms with E-state index in [1.807, 2.05) is 0 Å². The van der Waals surface area contributed by atoms with Crippen LogP contribution in [0, 0.1) is 11.7 Å². The Kier molecular flexibility index (Phi) is 5.11. The first-order valence-electron chi connectivity index (χ1n) is 8.38. The van der Waals surface area contributed by atoms with Crippen LogP contribution in [0.3, 0.4) is 0 Å². The van der Waals surface area contributed by atoms with E-state index < -0.39 is 23.6 Å². The molecular formula is C20H18FNO4. The number of benzene rings is 2. The normalized spacial score (nSPS) is 19.1. The summed E-state index contributed by atoms with van der Waals surface area (Å²) in [4.78, 5) is 36.3. The molecule has 1 fully saturated rings. The van der Waals surface area contributed by atoms with Crippen molar-refractivity contribution in [3.63, 3.8) is 0 Å². The molecule has 26 heavy (non-hydrogen) atoms. The summed E-state index contributed by atoms with van der Waals surface area (Å²) in [6, 6.07) is 11.3. The van der Waals surface area contributed by atoms with Gasteiger partial charge in [-0.2, -0.15) is 0 Å². The minimum Gasteiger partial charge on any atom is -0.481 e. The topological polar surface area (TPSA) is 83.5 Å². The fourth-order valence-electron chi connectivity index (χ4n) is 3.24. The molecule has 0 radical (unpaired) electrons. The molecule has 0 spiro atoms. The maximum atomic E-state index is 13.1. The van der Waals surface area contributed by atoms with Crippen molar-refractivity contribution in [2.75, 3.05) is 0 Å². The van der Waals surface area contributed by atoms with Crippen molar-refractivity contribution in [1.82, 2.24) is 5.32 Å². The molecule has 2 aromatic carbocycles. The van der Waals surface area contributed by atoms with E-state index in [1.54, 1.807) is 24.3 Å². The molecule has 0 heterocycles. The zero-order valence-corrected chi connectivity index (χ0v) is 13.9. The standard InChI is InChI=1S/C20H18FNO4/c21-14-8-5-12(6-9-14)18(23)16-3-1-2-4-17(16)19(24)22-15-10-7-13(11-15)20(25)26/h1-6,8-9,13,15H,7,10-11H2,(H,22,24)(H,25,26)/t13-,15+/m0/s1. The van der Waals surface area contributed by atoms with Crippen LogP contribution < -0.4 is 5.32 Å². The Morgan fingerprint density at radius 1 is 0.962 bits per heavy atom. The van der Waals surface area contributed by atoms with E-state index in [4.69, 9.17) is 5.11 Å². The highest BCUT2D eigenvalue weighted by Crippen LogP contribution is 2.26. The van der Waals surface area contributed by atoms with Gasteiger partial charge >= 0.3 is 5.97 Å². The highest BCUT2D eigenvalue weighted by atomic mass is 19.1. The predicted molar refractivity (Wildman–Crippen MR) is 92.5 cm³/mol. The van der Waals surface area contributed by atoms with E-state index >= 15 is 0 Å². The largest absolute Gasteiger partial charge is 0.481 e. The van der Waals surface area contributed by atoms with Crippen LogP contribution in [0.4, 0.5) is 4.39 Å². The molecule has 3 rings (SSSR count). The van der Waals surface area contributed by atoms with Gasteiger partial charge in [0.05, 0.1) is 11.5 Å². The number of ketones is 1. The summed E-state index contributed by atoms with van der Waals surface area (Å²) in [6.45, 7) is 0. The summed E-state index contributed by atoms with van der Waals surface area (Å²) in [6.07, 6.45) is 1.50. The van der Waals surface area contributed by atoms with Crippen LogP contribution in [0.5, 0.6) is 0 Å². The molecule has 1 aliphatic rings. The second-order valence-electron chi connectivity index (χ2n) is 6.40. The van der Waals surface area contributed by atoms with E-state index in [1.165, 1.54) is 24.3 Å². The monoisotopic (exact) mass is 355 g/mol. The highest BCUT2D eigenvalue weighted by Gasteiger charge is 2.31. The minimum atomic E-state index is -0.853. The first-order chi connectivity index (χ1) is 12.5. The maximum Gasteiger partial charge on any atom is 0.306 e. The second kappa shape index (κ2) is 7.47. The Labute approximate surface area is 149 Å². The van der Waals surface area contributed by atoms with Crippen LogP contribution in [-0.4, -0.2) is 28.8 Å². The van der Waals surface area contributed by atoms with E-state index in [2.05, 4.69) is 5.32 Å². The van der Waals surface area contributed by atoms with E-state index in [-0.39, 0.29) is 23.0 Å². The number of nitrogens with one attached hydrogen (secondary N) is 1. The Morgan fingerprint density at radius 2 is 1.62 bits per heavy atom. The molecule has 0 aromatic heterocycles. The smallest absolute Gasteiger partial charge is 0.306 e. The van der Waals surface area contributed by atoms with E-state index in [9.17, 15) is 18.8 Å². The number of carboxylic acids is 1. The molecule has 0 aliphatic heterocycles. The molecule has 2 N–H and O–H groups in total. The molecule has 0 unspecified atom stereocenters. The number of carboxylic acid groups (broad SMARTS) is 1. The van der Waals surface area contributed by atoms with Crippen molar-refractivity contribution < 1.29 is 23.9 Å². The molecule has 2 atom stereocenters. The van der Waals surface area contributed by atoms with Crippen LogP contribution in [-0.2, 0) is 4.79 Å². The lowest BCUT2D eigenvalue weighted by atomic mass is 9.97. The fraction of sp³-hybridized carbons (Fsp3) is 0.250. The maximum absolute atomic E-state index is 13.1. The lowest BCUT2D eigenvalue weighted by Gasteiger charge is -2.14. The van der Waals surface area contributed by atoms with Crippen molar-refractivity contribution in [1.29, 1.82) is 0 Å². The van der Waals surface area contributed by atoms with Gasteiger partial charge < -0.3 is 10.4 Å². The molecule has 1 amide bonds. The van der Waals surface area contributed by atoms with Gasteiger partial charge in [-0.1, -0.05) is 18.2 Å². The Hall–Kier alpha value is -3.02. The Morgan fingerprint density at radius 3 is 2.23 bits per heavy atom. The molecule has 0 saturated heterocycles. The summed E-state index contributed by atoms with van der Waals surface area (Å²) >= 11 is 0. The summed E-state index contributed by atoms with van der Waals surface area (Å²) in [7, 11) is 0. The van der Waals surface area contributed by atoms with Gasteiger partial charge in [0.2, 0.25) is 0 Å². The molecule has 1 aliphatic carbocycles. The molecule has 134 valence electrons. The molecular weight excluding hydrogens is 337 g/mol. The number of carbonyl (C=O) groups is 3. The number of amides is 1. The lowest BCUT2D eigenvalue weighted by Crippen LogP contribution is -2.34. The van der Waals surface area contributed by atoms with Crippen LogP contribution in [0.2, 0.25) is 0 Å². The summed E-state index contributed by atoms with van der Waals surface area (Å²) < 4.78 is 13.1. The number of carbonyl (C=O) groups excluding carboxylic acids is 2. The van der Waals surface area contributed by atoms with Gasteiger partial charge in [0.15, 0.2) is 5.78 Å². The zero-order chi connectivity index (χ0) is 18.7. The van der Waals surface area contributed by atoms with Crippen molar-refractivity contribution in [3.05, 3.63) is 71.0 Å². The van der Waals surface area contributed by atoms with Crippen molar-refractivity contribution in [2.45, 2.75) is 25.3 Å². The van der Waals surface area contributed by atoms with Crippen molar-refractivity contribution in [3.8, 4) is 0 Å². The number of hydrogen-bond acceptors (Lipinski definition) is 3. The third-order valence-corrected chi connectivity index (χ3v) is 4.64. The van der Waals surface area contributed by atoms with Crippen LogP contribution in [0.25, 0.3) is 0 Å². The van der Waals surface area contributed by atoms with Gasteiger partial charge in [-0.15, -0.1) is 0 Å². The van der Waals surface area contributed by atoms with Crippen LogP contribution in [0.15, 0.2) is 48.5 Å². The summed E-state index contributed by atoms with van der Waals surface area (Å²) in [5, 5.41) is 11.9. The molecule has 1 saturated carbocycles. The third-order valence-electron chi connectivity index (χ3n) is 4.64. The van der Waals surface area contributed by atoms with Crippen LogP contribution in [0.1, 0.15) is 45.5 Å². The first-order valence-corrected chi connectivity index (χ1v) is 8.38. The molecule has 0 bridgehead atoms. The summed E-state index contributed by atoms with van der Waals surface area (Å²) in [5.74, 6) is -2.52. The van der Waals surface area contributed by atoms with E-state index in [0.29, 0.717) is 24.8 Å². The van der Waals surface area contributed by atoms with E-state index in [0.717, 1.165) is 0 Å². The van der Waals surface area contributed by atoms with Crippen molar-refractivity contribution in [2.24, 2.45) is 5.92 Å². The Balaban J connectivity index is 1.78. The lowest BCUT2D eigenvalue weighted by molar-refractivity contribution is -0.141. The molecule has 5 nitrogen and oxygen atoms in total. The minimum absolute atomic E-state index is 0.223. The second-order valence-corrected chi connectivity index (χ2v) is 6.40. The Bertz CT molecular complexity index is 847. The number of aliphatic carboxylic acids is 1. The highest BCUT2D eigenvalue weighted by molar-refractivity contribution is 6.15. The number of hydrogen-bond donors (Lipinski definition) is 2. The first kappa shape index (κ1) is 17.8. The van der Waals surface area contributed by atoms with Gasteiger partial charge in [0.25, 0.3) is 5.91 Å². The zero-order valence-electron chi connectivity index (χ0n) is 13.9. The number of rotatable bonds is 5. The van der Waals surface area contributed by atoms with Gasteiger partial charge in [-0.3, -0.25) is 14.4 Å². The van der Waals surface area contributed by atoms with Gasteiger partial charge in [-0.05, 0) is 49.6 Å². The number of halogens is 1. The molecule has 2 aromatic rings. The van der Waals surface area contributed by atoms with Gasteiger partial charge in [-0.25, -0.2) is 4.39 Å². The van der Waals surface area contributed by atoms with Gasteiger partial charge in [0, 0.05) is 17.2 Å². The average Bonchev–Trinajstić information content (AvgIpc) is 3.10. The average molecular weight is 355 g/mol. The third kappa shape index (κ3) is 3.79. The predicted octanol–water partition coefficient (Wildman–Crippen LogP) is 3.04. The molecule has 6 heteroatoms.